The highest BCUT2D eigenvalue weighted by molar-refractivity contribution is 6.67. The van der Waals surface area contributed by atoms with Gasteiger partial charge in [0.25, 0.3) is 0 Å². The lowest BCUT2D eigenvalue weighted by Crippen LogP contribution is -2.04. The third-order valence-electron chi connectivity index (χ3n) is 1.08. The summed E-state index contributed by atoms with van der Waals surface area (Å²) in [6, 6.07) is 3.04. The molecule has 0 amide bonds. The second-order valence-electron chi connectivity index (χ2n) is 1.96. The normalized spacial score (nSPS) is 11.8. The molecule has 1 aromatic rings. The van der Waals surface area contributed by atoms with Crippen LogP contribution in [0.4, 0.5) is 0 Å². The SMILES string of the molecule is Clc1ccc(Cl)c(C(Cl)(Cl)Cl)n1. The first-order chi connectivity index (χ1) is 5.41. The standard InChI is InChI=1S/C6H2Cl5N/c7-3-1-2-4(8)12-5(3)6(9,10)11/h1-2H. The van der Waals surface area contributed by atoms with Crippen molar-refractivity contribution in [1.82, 2.24) is 4.98 Å². The average molecular weight is 265 g/mol. The highest BCUT2D eigenvalue weighted by atomic mass is 35.6. The van der Waals surface area contributed by atoms with E-state index >= 15 is 0 Å². The van der Waals surface area contributed by atoms with Gasteiger partial charge in [0.15, 0.2) is 0 Å². The molecule has 0 fully saturated rings. The maximum Gasteiger partial charge on any atom is 0.234 e. The van der Waals surface area contributed by atoms with Gasteiger partial charge >= 0.3 is 0 Å². The van der Waals surface area contributed by atoms with Crippen molar-refractivity contribution in [2.75, 3.05) is 0 Å². The molecule has 1 rings (SSSR count). The lowest BCUT2D eigenvalue weighted by Gasteiger charge is -2.11. The Balaban J connectivity index is 3.23. The highest BCUT2D eigenvalue weighted by Crippen LogP contribution is 2.40. The smallest absolute Gasteiger partial charge is 0.234 e. The maximum absolute atomic E-state index is 5.71. The minimum Gasteiger partial charge on any atom is -0.235 e. The first-order valence-electron chi connectivity index (χ1n) is 2.80. The van der Waals surface area contributed by atoms with E-state index in [1.54, 1.807) is 0 Å². The van der Waals surface area contributed by atoms with Crippen LogP contribution in [0.1, 0.15) is 5.69 Å². The van der Waals surface area contributed by atoms with Crippen LogP contribution < -0.4 is 0 Å². The van der Waals surface area contributed by atoms with Crippen molar-refractivity contribution in [3.63, 3.8) is 0 Å². The van der Waals surface area contributed by atoms with Crippen LogP contribution in [0.15, 0.2) is 12.1 Å². The van der Waals surface area contributed by atoms with E-state index in [1.807, 2.05) is 0 Å². The Morgan fingerprint density at radius 3 is 2.08 bits per heavy atom. The van der Waals surface area contributed by atoms with Gasteiger partial charge < -0.3 is 0 Å². The fourth-order valence-corrected chi connectivity index (χ4v) is 1.59. The van der Waals surface area contributed by atoms with Crippen molar-refractivity contribution in [2.24, 2.45) is 0 Å². The van der Waals surface area contributed by atoms with Crippen LogP contribution in [0.5, 0.6) is 0 Å². The summed E-state index contributed by atoms with van der Waals surface area (Å²) in [5.74, 6) is 0. The monoisotopic (exact) mass is 263 g/mol. The Bertz CT molecular complexity index is 292. The fourth-order valence-electron chi connectivity index (χ4n) is 0.617. The zero-order chi connectivity index (χ0) is 9.35. The topological polar surface area (TPSA) is 12.9 Å². The molecule has 1 heterocycles. The molecule has 0 N–H and O–H groups in total. The zero-order valence-electron chi connectivity index (χ0n) is 5.49. The molecule has 0 unspecified atom stereocenters. The predicted molar refractivity (Wildman–Crippen MR) is 53.5 cm³/mol. The molecule has 0 spiro atoms. The number of hydrogen-bond donors (Lipinski definition) is 0. The highest BCUT2D eigenvalue weighted by Gasteiger charge is 2.27. The van der Waals surface area contributed by atoms with Gasteiger partial charge in [0.1, 0.15) is 10.8 Å². The van der Waals surface area contributed by atoms with Crippen molar-refractivity contribution in [2.45, 2.75) is 3.79 Å². The molecule has 1 aromatic heterocycles. The summed E-state index contributed by atoms with van der Waals surface area (Å²) in [5.41, 5.74) is 0.140. The zero-order valence-corrected chi connectivity index (χ0v) is 9.27. The van der Waals surface area contributed by atoms with Crippen LogP contribution in [0.3, 0.4) is 0 Å². The van der Waals surface area contributed by atoms with E-state index in [9.17, 15) is 0 Å². The van der Waals surface area contributed by atoms with Crippen molar-refractivity contribution < 1.29 is 0 Å². The fraction of sp³-hybridized carbons (Fsp3) is 0.167. The summed E-state index contributed by atoms with van der Waals surface area (Å²) in [4.78, 5) is 3.78. The molecule has 0 atom stereocenters. The number of aromatic nitrogens is 1. The van der Waals surface area contributed by atoms with Crippen molar-refractivity contribution >= 4 is 58.0 Å². The van der Waals surface area contributed by atoms with Gasteiger partial charge in [-0.2, -0.15) is 0 Å². The Morgan fingerprint density at radius 2 is 1.67 bits per heavy atom. The summed E-state index contributed by atoms with van der Waals surface area (Å²) >= 11 is 28.0. The lowest BCUT2D eigenvalue weighted by molar-refractivity contribution is 1.09. The maximum atomic E-state index is 5.71. The van der Waals surface area contributed by atoms with Crippen molar-refractivity contribution in [3.8, 4) is 0 Å². The Hall–Kier alpha value is 0.600. The van der Waals surface area contributed by atoms with Crippen LogP contribution in [0, 0.1) is 0 Å². The second-order valence-corrected chi connectivity index (χ2v) is 5.04. The average Bonchev–Trinajstić information content (AvgIpc) is 1.92. The second kappa shape index (κ2) is 3.77. The lowest BCUT2D eigenvalue weighted by atomic mass is 10.4. The molecule has 0 aliphatic rings. The van der Waals surface area contributed by atoms with Gasteiger partial charge in [0.2, 0.25) is 3.79 Å². The molecule has 0 aliphatic heterocycles. The predicted octanol–water partition coefficient (Wildman–Crippen LogP) is 4.22. The van der Waals surface area contributed by atoms with Crippen LogP contribution in [0.2, 0.25) is 10.2 Å². The molecule has 0 radical (unpaired) electrons. The molecule has 0 aromatic carbocycles. The van der Waals surface area contributed by atoms with Crippen LogP contribution >= 0.6 is 58.0 Å². The summed E-state index contributed by atoms with van der Waals surface area (Å²) in [7, 11) is 0. The number of halogens is 5. The Kier molecular flexibility index (Phi) is 3.35. The molecular weight excluding hydrogens is 263 g/mol. The van der Waals surface area contributed by atoms with E-state index in [1.165, 1.54) is 12.1 Å². The number of pyridine rings is 1. The summed E-state index contributed by atoms with van der Waals surface area (Å²) in [6.45, 7) is 0. The van der Waals surface area contributed by atoms with Crippen LogP contribution in [0.25, 0.3) is 0 Å². The molecule has 0 aliphatic carbocycles. The quantitative estimate of drug-likeness (QED) is 0.505. The van der Waals surface area contributed by atoms with Gasteiger partial charge in [0.05, 0.1) is 5.02 Å². The van der Waals surface area contributed by atoms with E-state index in [4.69, 9.17) is 58.0 Å². The van der Waals surface area contributed by atoms with Gasteiger partial charge in [-0.1, -0.05) is 58.0 Å². The number of alkyl halides is 3. The van der Waals surface area contributed by atoms with Gasteiger partial charge in [-0.15, -0.1) is 0 Å². The first-order valence-corrected chi connectivity index (χ1v) is 4.69. The molecule has 6 heteroatoms. The van der Waals surface area contributed by atoms with Gasteiger partial charge in [-0.05, 0) is 12.1 Å². The summed E-state index contributed by atoms with van der Waals surface area (Å²) in [5, 5.41) is 0.514. The van der Waals surface area contributed by atoms with Crippen molar-refractivity contribution in [1.29, 1.82) is 0 Å². The Labute approximate surface area is 94.5 Å². The van der Waals surface area contributed by atoms with Crippen LogP contribution in [-0.4, -0.2) is 4.98 Å². The first kappa shape index (κ1) is 10.7. The molecule has 0 saturated heterocycles. The summed E-state index contributed by atoms with van der Waals surface area (Å²) in [6.07, 6.45) is 0. The minimum absolute atomic E-state index is 0.140. The molecular formula is C6H2Cl5N. The van der Waals surface area contributed by atoms with E-state index in [-0.39, 0.29) is 15.9 Å². The van der Waals surface area contributed by atoms with E-state index < -0.39 is 3.79 Å². The largest absolute Gasteiger partial charge is 0.235 e. The number of rotatable bonds is 0. The van der Waals surface area contributed by atoms with E-state index in [0.717, 1.165) is 0 Å². The minimum atomic E-state index is -1.64. The molecule has 0 saturated carbocycles. The van der Waals surface area contributed by atoms with Gasteiger partial charge in [-0.25, -0.2) is 4.98 Å². The number of nitrogens with zero attached hydrogens (tertiary/aromatic N) is 1. The summed E-state index contributed by atoms with van der Waals surface area (Å²) < 4.78 is -1.64. The van der Waals surface area contributed by atoms with Gasteiger partial charge in [0, 0.05) is 0 Å². The molecule has 1 nitrogen and oxygen atoms in total. The van der Waals surface area contributed by atoms with E-state index in [2.05, 4.69) is 4.98 Å². The third-order valence-corrected chi connectivity index (χ3v) is 2.13. The molecule has 12 heavy (non-hydrogen) atoms. The third kappa shape index (κ3) is 2.54. The Morgan fingerprint density at radius 1 is 1.08 bits per heavy atom. The molecule has 0 bridgehead atoms. The molecule has 66 valence electrons. The van der Waals surface area contributed by atoms with Crippen LogP contribution in [-0.2, 0) is 3.79 Å². The number of hydrogen-bond acceptors (Lipinski definition) is 1. The van der Waals surface area contributed by atoms with Crippen molar-refractivity contribution in [3.05, 3.63) is 28.0 Å². The van der Waals surface area contributed by atoms with E-state index in [0.29, 0.717) is 0 Å². The van der Waals surface area contributed by atoms with Gasteiger partial charge in [-0.3, -0.25) is 0 Å².